The van der Waals surface area contributed by atoms with Gasteiger partial charge < -0.3 is 0 Å². The van der Waals surface area contributed by atoms with E-state index in [9.17, 15) is 0 Å². The summed E-state index contributed by atoms with van der Waals surface area (Å²) in [5, 5.41) is 1.39. The molecular formula is C8H13NS. The van der Waals surface area contributed by atoms with E-state index < -0.39 is 0 Å². The van der Waals surface area contributed by atoms with Crippen molar-refractivity contribution in [2.75, 3.05) is 5.75 Å². The average molecular weight is 155 g/mol. The van der Waals surface area contributed by atoms with Crippen LogP contribution in [0.1, 0.15) is 26.7 Å². The van der Waals surface area contributed by atoms with Gasteiger partial charge in [0, 0.05) is 11.7 Å². The smallest absolute Gasteiger partial charge is 0.0713 e. The molecule has 0 aromatic carbocycles. The van der Waals surface area contributed by atoms with E-state index in [4.69, 9.17) is 4.99 Å². The van der Waals surface area contributed by atoms with E-state index >= 15 is 0 Å². The topological polar surface area (TPSA) is 12.4 Å². The number of hydrogen-bond donors (Lipinski definition) is 0. The van der Waals surface area contributed by atoms with Crippen molar-refractivity contribution < 1.29 is 0 Å². The Morgan fingerprint density at radius 2 is 2.20 bits per heavy atom. The first kappa shape index (κ1) is 6.71. The van der Waals surface area contributed by atoms with Crippen LogP contribution in [0, 0.1) is 5.92 Å². The van der Waals surface area contributed by atoms with Crippen LogP contribution in [0.2, 0.25) is 0 Å². The summed E-state index contributed by atoms with van der Waals surface area (Å²) < 4.78 is 0. The lowest BCUT2D eigenvalue weighted by molar-refractivity contribution is 0.778. The van der Waals surface area contributed by atoms with Crippen LogP contribution in [0.4, 0.5) is 0 Å². The maximum Gasteiger partial charge on any atom is 0.0713 e. The Morgan fingerprint density at radius 1 is 1.50 bits per heavy atom. The number of rotatable bonds is 1. The average Bonchev–Trinajstić information content (AvgIpc) is 2.41. The molecule has 0 N–H and O–H groups in total. The van der Waals surface area contributed by atoms with Crippen LogP contribution in [-0.2, 0) is 0 Å². The molecule has 1 saturated carbocycles. The molecule has 56 valence electrons. The lowest BCUT2D eigenvalue weighted by Crippen LogP contribution is -2.02. The van der Waals surface area contributed by atoms with Gasteiger partial charge in [-0.15, -0.1) is 11.8 Å². The van der Waals surface area contributed by atoms with Gasteiger partial charge in [-0.1, -0.05) is 13.8 Å². The number of hydrogen-bond acceptors (Lipinski definition) is 2. The van der Waals surface area contributed by atoms with Crippen LogP contribution in [0.15, 0.2) is 4.99 Å². The van der Waals surface area contributed by atoms with E-state index in [1.165, 1.54) is 23.6 Å². The standard InChI is InChI=1S/C8H13NS/c1-6(2)7-9-8(3-4-8)5-10-7/h6H,3-5H2,1-2H3. The lowest BCUT2D eigenvalue weighted by atomic mass is 10.2. The lowest BCUT2D eigenvalue weighted by Gasteiger charge is -1.99. The van der Waals surface area contributed by atoms with Gasteiger partial charge in [0.1, 0.15) is 0 Å². The van der Waals surface area contributed by atoms with Gasteiger partial charge >= 0.3 is 0 Å². The summed E-state index contributed by atoms with van der Waals surface area (Å²) in [6.45, 7) is 4.46. The second kappa shape index (κ2) is 2.00. The van der Waals surface area contributed by atoms with Crippen molar-refractivity contribution in [2.24, 2.45) is 10.9 Å². The first-order valence-corrected chi connectivity index (χ1v) is 4.93. The highest BCUT2D eigenvalue weighted by atomic mass is 32.2. The Kier molecular flexibility index (Phi) is 1.34. The SMILES string of the molecule is CC(C)C1=NC2(CC2)CS1. The van der Waals surface area contributed by atoms with Crippen molar-refractivity contribution in [3.63, 3.8) is 0 Å². The van der Waals surface area contributed by atoms with E-state index in [-0.39, 0.29) is 0 Å². The molecule has 2 rings (SSSR count). The van der Waals surface area contributed by atoms with Gasteiger partial charge in [-0.05, 0) is 12.8 Å². The summed E-state index contributed by atoms with van der Waals surface area (Å²) in [5.41, 5.74) is 0.449. The number of thioether (sulfide) groups is 1. The minimum Gasteiger partial charge on any atom is -0.275 e. The van der Waals surface area contributed by atoms with Crippen LogP contribution in [0.25, 0.3) is 0 Å². The van der Waals surface area contributed by atoms with Crippen LogP contribution >= 0.6 is 11.8 Å². The zero-order valence-corrected chi connectivity index (χ0v) is 7.37. The molecular weight excluding hydrogens is 142 g/mol. The molecule has 0 aromatic rings. The predicted octanol–water partition coefficient (Wildman–Crippen LogP) is 2.32. The molecule has 0 unspecified atom stereocenters. The molecule has 1 spiro atoms. The van der Waals surface area contributed by atoms with Crippen molar-refractivity contribution in [3.8, 4) is 0 Å². The Labute approximate surface area is 66.3 Å². The second-order valence-corrected chi connectivity index (χ2v) is 4.61. The van der Waals surface area contributed by atoms with Crippen molar-refractivity contribution >= 4 is 16.8 Å². The van der Waals surface area contributed by atoms with Gasteiger partial charge in [-0.3, -0.25) is 4.99 Å². The summed E-state index contributed by atoms with van der Waals surface area (Å²) in [6.07, 6.45) is 2.69. The predicted molar refractivity (Wildman–Crippen MR) is 46.7 cm³/mol. The third-order valence-electron chi connectivity index (χ3n) is 2.16. The van der Waals surface area contributed by atoms with E-state index in [0.717, 1.165) is 0 Å². The quantitative estimate of drug-likeness (QED) is 0.566. The minimum absolute atomic E-state index is 0.449. The van der Waals surface area contributed by atoms with Gasteiger partial charge in [0.2, 0.25) is 0 Å². The van der Waals surface area contributed by atoms with Crippen molar-refractivity contribution in [1.29, 1.82) is 0 Å². The molecule has 2 aliphatic rings. The van der Waals surface area contributed by atoms with Gasteiger partial charge in [0.25, 0.3) is 0 Å². The molecule has 1 aliphatic heterocycles. The summed E-state index contributed by atoms with van der Waals surface area (Å²) in [5.74, 6) is 1.92. The molecule has 1 heterocycles. The van der Waals surface area contributed by atoms with Crippen molar-refractivity contribution in [1.82, 2.24) is 0 Å². The summed E-state index contributed by atoms with van der Waals surface area (Å²) in [6, 6.07) is 0. The first-order chi connectivity index (χ1) is 4.72. The molecule has 1 fully saturated rings. The maximum absolute atomic E-state index is 4.71. The molecule has 0 amide bonds. The van der Waals surface area contributed by atoms with Crippen LogP contribution in [0.3, 0.4) is 0 Å². The van der Waals surface area contributed by atoms with Crippen molar-refractivity contribution in [2.45, 2.75) is 32.2 Å². The fourth-order valence-electron chi connectivity index (χ4n) is 1.20. The Morgan fingerprint density at radius 3 is 2.50 bits per heavy atom. The maximum atomic E-state index is 4.71. The van der Waals surface area contributed by atoms with Gasteiger partial charge in [0.05, 0.1) is 10.6 Å². The van der Waals surface area contributed by atoms with E-state index in [1.54, 1.807) is 0 Å². The number of aliphatic imine (C=N–C) groups is 1. The highest BCUT2D eigenvalue weighted by molar-refractivity contribution is 8.14. The first-order valence-electron chi connectivity index (χ1n) is 3.94. The highest BCUT2D eigenvalue weighted by Crippen LogP contribution is 2.48. The zero-order chi connectivity index (χ0) is 7.19. The Balaban J connectivity index is 2.11. The Bertz CT molecular complexity index is 180. The normalized spacial score (nSPS) is 27.7. The summed E-state index contributed by atoms with van der Waals surface area (Å²) >= 11 is 1.97. The number of nitrogens with zero attached hydrogens (tertiary/aromatic N) is 1. The summed E-state index contributed by atoms with van der Waals surface area (Å²) in [4.78, 5) is 4.71. The van der Waals surface area contributed by atoms with E-state index in [1.807, 2.05) is 11.8 Å². The molecule has 1 nitrogen and oxygen atoms in total. The van der Waals surface area contributed by atoms with Crippen molar-refractivity contribution in [3.05, 3.63) is 0 Å². The fraction of sp³-hybridized carbons (Fsp3) is 0.875. The highest BCUT2D eigenvalue weighted by Gasteiger charge is 2.46. The summed E-state index contributed by atoms with van der Waals surface area (Å²) in [7, 11) is 0. The van der Waals surface area contributed by atoms with Gasteiger partial charge in [-0.2, -0.15) is 0 Å². The molecule has 1 aliphatic carbocycles. The monoisotopic (exact) mass is 155 g/mol. The van der Waals surface area contributed by atoms with Crippen LogP contribution < -0.4 is 0 Å². The third-order valence-corrected chi connectivity index (χ3v) is 3.70. The fourth-order valence-corrected chi connectivity index (χ4v) is 2.56. The zero-order valence-electron chi connectivity index (χ0n) is 6.55. The van der Waals surface area contributed by atoms with Gasteiger partial charge in [-0.25, -0.2) is 0 Å². The largest absolute Gasteiger partial charge is 0.275 e. The molecule has 0 saturated heterocycles. The van der Waals surface area contributed by atoms with E-state index in [2.05, 4.69) is 13.8 Å². The molecule has 0 aromatic heterocycles. The second-order valence-electron chi connectivity index (χ2n) is 3.62. The molecule has 10 heavy (non-hydrogen) atoms. The van der Waals surface area contributed by atoms with Crippen LogP contribution in [-0.4, -0.2) is 16.3 Å². The Hall–Kier alpha value is 0.0200. The van der Waals surface area contributed by atoms with E-state index in [0.29, 0.717) is 11.5 Å². The molecule has 2 heteroatoms. The van der Waals surface area contributed by atoms with Gasteiger partial charge in [0.15, 0.2) is 0 Å². The minimum atomic E-state index is 0.449. The third kappa shape index (κ3) is 0.986. The molecule has 0 atom stereocenters. The molecule has 0 bridgehead atoms. The van der Waals surface area contributed by atoms with Crippen LogP contribution in [0.5, 0.6) is 0 Å². The molecule has 0 radical (unpaired) electrons.